The summed E-state index contributed by atoms with van der Waals surface area (Å²) >= 11 is 0. The molecule has 0 saturated carbocycles. The molecule has 29 heavy (non-hydrogen) atoms. The number of benzene rings is 1. The van der Waals surface area contributed by atoms with Crippen molar-refractivity contribution in [2.24, 2.45) is 0 Å². The van der Waals surface area contributed by atoms with Gasteiger partial charge in [0, 0.05) is 25.6 Å². The molecule has 4 rings (SSSR count). The molecule has 0 radical (unpaired) electrons. The first-order valence-corrected chi connectivity index (χ1v) is 10.5. The van der Waals surface area contributed by atoms with Crippen molar-refractivity contribution in [1.82, 2.24) is 15.1 Å². The molecule has 3 heterocycles. The van der Waals surface area contributed by atoms with E-state index in [1.165, 1.54) is 5.56 Å². The van der Waals surface area contributed by atoms with Gasteiger partial charge in [-0.2, -0.15) is 0 Å². The predicted molar refractivity (Wildman–Crippen MR) is 111 cm³/mol. The molecule has 2 saturated heterocycles. The Bertz CT molecular complexity index is 857. The standard InChI is InChI=1S/C23H29N3O3/c1-16(24-2)20-10-11-21(29-20)23(28)26-15-18(17-8-4-3-5-9-17)14-19(26)22(27)25-12-6-7-13-25/h3-5,8-11,16,18-19,24H,6-7,12-15H2,1-2H3/t16?,18?,19-/m0/s1. The molecule has 2 aromatic rings. The molecular weight excluding hydrogens is 366 g/mol. The molecule has 154 valence electrons. The minimum absolute atomic E-state index is 0.0224. The van der Waals surface area contributed by atoms with Crippen molar-refractivity contribution in [1.29, 1.82) is 0 Å². The minimum Gasteiger partial charge on any atom is -0.454 e. The zero-order chi connectivity index (χ0) is 20.4. The molecule has 2 unspecified atom stereocenters. The van der Waals surface area contributed by atoms with E-state index in [0.717, 1.165) is 31.7 Å². The van der Waals surface area contributed by atoms with Gasteiger partial charge in [0.15, 0.2) is 5.76 Å². The zero-order valence-corrected chi connectivity index (χ0v) is 17.1. The molecule has 0 spiro atoms. The van der Waals surface area contributed by atoms with Gasteiger partial charge in [-0.25, -0.2) is 0 Å². The first-order valence-electron chi connectivity index (χ1n) is 10.5. The second-order valence-corrected chi connectivity index (χ2v) is 8.06. The summed E-state index contributed by atoms with van der Waals surface area (Å²) in [4.78, 5) is 30.2. The number of nitrogens with zero attached hydrogens (tertiary/aromatic N) is 2. The molecule has 2 amide bonds. The summed E-state index contributed by atoms with van der Waals surface area (Å²) in [6.07, 6.45) is 2.74. The predicted octanol–water partition coefficient (Wildman–Crippen LogP) is 3.18. The Labute approximate surface area is 171 Å². The van der Waals surface area contributed by atoms with E-state index in [0.29, 0.717) is 18.7 Å². The summed E-state index contributed by atoms with van der Waals surface area (Å²) in [6, 6.07) is 13.3. The van der Waals surface area contributed by atoms with Gasteiger partial charge in [-0.15, -0.1) is 0 Å². The lowest BCUT2D eigenvalue weighted by Gasteiger charge is -2.27. The van der Waals surface area contributed by atoms with E-state index in [4.69, 9.17) is 4.42 Å². The topological polar surface area (TPSA) is 65.8 Å². The molecule has 3 atom stereocenters. The highest BCUT2D eigenvalue weighted by Crippen LogP contribution is 2.34. The van der Waals surface area contributed by atoms with Crippen molar-refractivity contribution >= 4 is 11.8 Å². The minimum atomic E-state index is -0.430. The Morgan fingerprint density at radius 1 is 1.10 bits per heavy atom. The third kappa shape index (κ3) is 3.94. The largest absolute Gasteiger partial charge is 0.454 e. The molecule has 2 aliphatic rings. The van der Waals surface area contributed by atoms with Gasteiger partial charge in [0.25, 0.3) is 5.91 Å². The van der Waals surface area contributed by atoms with Crippen LogP contribution in [0.2, 0.25) is 0 Å². The maximum Gasteiger partial charge on any atom is 0.290 e. The summed E-state index contributed by atoms with van der Waals surface area (Å²) in [5, 5.41) is 3.12. The normalized spacial score (nSPS) is 22.8. The Morgan fingerprint density at radius 3 is 2.52 bits per heavy atom. The van der Waals surface area contributed by atoms with Crippen LogP contribution >= 0.6 is 0 Å². The van der Waals surface area contributed by atoms with E-state index >= 15 is 0 Å². The van der Waals surface area contributed by atoms with Gasteiger partial charge in [0.1, 0.15) is 11.8 Å². The number of nitrogens with one attached hydrogen (secondary N) is 1. The van der Waals surface area contributed by atoms with Crippen LogP contribution in [0.3, 0.4) is 0 Å². The van der Waals surface area contributed by atoms with Crippen LogP contribution < -0.4 is 5.32 Å². The Hall–Kier alpha value is -2.60. The first-order chi connectivity index (χ1) is 14.1. The van der Waals surface area contributed by atoms with Gasteiger partial charge < -0.3 is 19.5 Å². The number of carbonyl (C=O) groups excluding carboxylic acids is 2. The highest BCUT2D eigenvalue weighted by molar-refractivity contribution is 5.96. The molecular formula is C23H29N3O3. The van der Waals surface area contributed by atoms with Crippen molar-refractivity contribution < 1.29 is 14.0 Å². The van der Waals surface area contributed by atoms with Crippen LogP contribution in [-0.4, -0.2) is 54.3 Å². The fourth-order valence-electron chi connectivity index (χ4n) is 4.39. The number of likely N-dealkylation sites (tertiary alicyclic amines) is 2. The smallest absolute Gasteiger partial charge is 0.290 e. The van der Waals surface area contributed by atoms with Crippen LogP contribution in [0.25, 0.3) is 0 Å². The third-order valence-corrected chi connectivity index (χ3v) is 6.23. The van der Waals surface area contributed by atoms with E-state index in [9.17, 15) is 9.59 Å². The average molecular weight is 396 g/mol. The molecule has 2 fully saturated rings. The van der Waals surface area contributed by atoms with E-state index in [1.807, 2.05) is 43.1 Å². The Balaban J connectivity index is 1.59. The third-order valence-electron chi connectivity index (χ3n) is 6.23. The molecule has 1 aromatic heterocycles. The van der Waals surface area contributed by atoms with Gasteiger partial charge in [-0.1, -0.05) is 30.3 Å². The van der Waals surface area contributed by atoms with Crippen molar-refractivity contribution in [3.63, 3.8) is 0 Å². The number of furan rings is 1. The van der Waals surface area contributed by atoms with Crippen molar-refractivity contribution in [2.75, 3.05) is 26.7 Å². The second-order valence-electron chi connectivity index (χ2n) is 8.06. The fraction of sp³-hybridized carbons (Fsp3) is 0.478. The summed E-state index contributed by atoms with van der Waals surface area (Å²) in [6.45, 7) is 4.09. The molecule has 6 nitrogen and oxygen atoms in total. The first kappa shape index (κ1) is 19.7. The summed E-state index contributed by atoms with van der Waals surface area (Å²) in [5.74, 6) is 1.05. The number of amides is 2. The van der Waals surface area contributed by atoms with Crippen LogP contribution in [-0.2, 0) is 4.79 Å². The zero-order valence-electron chi connectivity index (χ0n) is 17.1. The average Bonchev–Trinajstić information content (AvgIpc) is 3.53. The van der Waals surface area contributed by atoms with Crippen molar-refractivity contribution in [3.8, 4) is 0 Å². The second kappa shape index (κ2) is 8.41. The van der Waals surface area contributed by atoms with Crippen molar-refractivity contribution in [3.05, 3.63) is 59.5 Å². The van der Waals surface area contributed by atoms with Crippen molar-refractivity contribution in [2.45, 2.75) is 44.2 Å². The number of hydrogen-bond acceptors (Lipinski definition) is 4. The van der Waals surface area contributed by atoms with E-state index in [2.05, 4.69) is 17.4 Å². The molecule has 6 heteroatoms. The van der Waals surface area contributed by atoms with Crippen LogP contribution in [0.4, 0.5) is 0 Å². The Morgan fingerprint density at radius 2 is 1.83 bits per heavy atom. The Kier molecular flexibility index (Phi) is 5.72. The van der Waals surface area contributed by atoms with E-state index in [1.54, 1.807) is 11.0 Å². The molecule has 2 aliphatic heterocycles. The monoisotopic (exact) mass is 395 g/mol. The summed E-state index contributed by atoms with van der Waals surface area (Å²) in [5.41, 5.74) is 1.17. The molecule has 0 bridgehead atoms. The maximum atomic E-state index is 13.3. The van der Waals surface area contributed by atoms with E-state index < -0.39 is 6.04 Å². The van der Waals surface area contributed by atoms with Gasteiger partial charge in [0.05, 0.1) is 6.04 Å². The number of hydrogen-bond donors (Lipinski definition) is 1. The van der Waals surface area contributed by atoms with Crippen LogP contribution in [0, 0.1) is 0 Å². The number of carbonyl (C=O) groups is 2. The highest BCUT2D eigenvalue weighted by atomic mass is 16.4. The van der Waals surface area contributed by atoms with Gasteiger partial charge in [-0.3, -0.25) is 9.59 Å². The van der Waals surface area contributed by atoms with Crippen LogP contribution in [0.5, 0.6) is 0 Å². The lowest BCUT2D eigenvalue weighted by atomic mass is 9.96. The van der Waals surface area contributed by atoms with Gasteiger partial charge in [-0.05, 0) is 50.9 Å². The quantitative estimate of drug-likeness (QED) is 0.844. The molecule has 1 aromatic carbocycles. The van der Waals surface area contributed by atoms with Crippen LogP contribution in [0.15, 0.2) is 46.9 Å². The van der Waals surface area contributed by atoms with Gasteiger partial charge >= 0.3 is 0 Å². The highest BCUT2D eigenvalue weighted by Gasteiger charge is 2.43. The van der Waals surface area contributed by atoms with E-state index in [-0.39, 0.29) is 23.8 Å². The summed E-state index contributed by atoms with van der Waals surface area (Å²) in [7, 11) is 1.85. The molecule has 1 N–H and O–H groups in total. The summed E-state index contributed by atoms with van der Waals surface area (Å²) < 4.78 is 5.83. The lowest BCUT2D eigenvalue weighted by molar-refractivity contribution is -0.134. The van der Waals surface area contributed by atoms with Crippen LogP contribution in [0.1, 0.15) is 60.0 Å². The fourth-order valence-corrected chi connectivity index (χ4v) is 4.39. The lowest BCUT2D eigenvalue weighted by Crippen LogP contribution is -2.46. The number of rotatable bonds is 5. The molecule has 0 aliphatic carbocycles. The van der Waals surface area contributed by atoms with Gasteiger partial charge in [0.2, 0.25) is 5.91 Å². The SMILES string of the molecule is CNC(C)c1ccc(C(=O)N2CC(c3ccccc3)C[C@H]2C(=O)N2CCCC2)o1. The maximum absolute atomic E-state index is 13.3.